The summed E-state index contributed by atoms with van der Waals surface area (Å²) in [5, 5.41) is 13.9. The molecule has 0 spiro atoms. The molecule has 7 heteroatoms. The smallest absolute Gasteiger partial charge is 0.132 e. The number of halogens is 1. The van der Waals surface area contributed by atoms with Crippen LogP contribution in [0.15, 0.2) is 42.7 Å². The number of nitrogens with zero attached hydrogens (tertiary/aromatic N) is 3. The van der Waals surface area contributed by atoms with Gasteiger partial charge in [0, 0.05) is 17.4 Å². The Morgan fingerprint density at radius 2 is 2.09 bits per heavy atom. The van der Waals surface area contributed by atoms with Gasteiger partial charge in [-0.2, -0.15) is 0 Å². The van der Waals surface area contributed by atoms with Gasteiger partial charge in [0.05, 0.1) is 10.6 Å². The first-order valence-electron chi connectivity index (χ1n) is 6.61. The van der Waals surface area contributed by atoms with E-state index in [9.17, 15) is 5.11 Å². The second-order valence-corrected chi connectivity index (χ2v) is 6.13. The van der Waals surface area contributed by atoms with E-state index in [0.29, 0.717) is 21.7 Å². The number of aromatic nitrogens is 3. The highest BCUT2D eigenvalue weighted by Gasteiger charge is 2.10. The Hall–Kier alpha value is -2.02. The normalized spacial score (nSPS) is 12.1. The second-order valence-electron chi connectivity index (χ2n) is 4.63. The molecule has 3 aromatic rings. The lowest BCUT2D eigenvalue weighted by Crippen LogP contribution is -1.96. The Labute approximate surface area is 136 Å². The summed E-state index contributed by atoms with van der Waals surface area (Å²) in [5.74, 6) is 1.30. The first kappa shape index (κ1) is 14.9. The van der Waals surface area contributed by atoms with Gasteiger partial charge in [-0.1, -0.05) is 17.7 Å². The molecule has 0 saturated carbocycles. The lowest BCUT2D eigenvalue weighted by atomic mass is 10.3. The number of aliphatic hydroxyl groups excluding tert-OH is 1. The Kier molecular flexibility index (Phi) is 4.33. The average molecular weight is 333 g/mol. The van der Waals surface area contributed by atoms with Crippen LogP contribution < -0.4 is 5.32 Å². The summed E-state index contributed by atoms with van der Waals surface area (Å²) in [6, 6.07) is 9.09. The van der Waals surface area contributed by atoms with Crippen LogP contribution in [0.2, 0.25) is 5.02 Å². The highest BCUT2D eigenvalue weighted by molar-refractivity contribution is 7.15. The van der Waals surface area contributed by atoms with E-state index in [4.69, 9.17) is 11.6 Å². The number of anilines is 2. The molecule has 0 saturated heterocycles. The van der Waals surface area contributed by atoms with Gasteiger partial charge in [-0.25, -0.2) is 15.0 Å². The third-order valence-electron chi connectivity index (χ3n) is 2.86. The summed E-state index contributed by atoms with van der Waals surface area (Å²) in [4.78, 5) is 13.8. The zero-order chi connectivity index (χ0) is 15.5. The Morgan fingerprint density at radius 1 is 1.23 bits per heavy atom. The van der Waals surface area contributed by atoms with Crippen LogP contribution in [0.5, 0.6) is 0 Å². The van der Waals surface area contributed by atoms with Crippen molar-refractivity contribution in [3.05, 3.63) is 52.8 Å². The number of rotatable bonds is 4. The topological polar surface area (TPSA) is 70.9 Å². The number of hydrogen-bond acceptors (Lipinski definition) is 6. The van der Waals surface area contributed by atoms with Gasteiger partial charge in [-0.3, -0.25) is 0 Å². The van der Waals surface area contributed by atoms with Gasteiger partial charge in [-0.05, 0) is 31.2 Å². The van der Waals surface area contributed by atoms with Crippen LogP contribution in [0, 0.1) is 0 Å². The highest BCUT2D eigenvalue weighted by atomic mass is 35.5. The van der Waals surface area contributed by atoms with Gasteiger partial charge >= 0.3 is 0 Å². The lowest BCUT2D eigenvalue weighted by Gasteiger charge is -2.06. The second kappa shape index (κ2) is 6.39. The van der Waals surface area contributed by atoms with Crippen molar-refractivity contribution < 1.29 is 5.11 Å². The van der Waals surface area contributed by atoms with Gasteiger partial charge in [0.25, 0.3) is 0 Å². The van der Waals surface area contributed by atoms with Crippen LogP contribution >= 0.6 is 22.9 Å². The van der Waals surface area contributed by atoms with Crippen LogP contribution in [-0.4, -0.2) is 20.1 Å². The predicted octanol–water partition coefficient (Wildman–Crippen LogP) is 4.05. The molecule has 0 unspecified atom stereocenters. The van der Waals surface area contributed by atoms with Crippen LogP contribution in [0.3, 0.4) is 0 Å². The molecule has 112 valence electrons. The van der Waals surface area contributed by atoms with E-state index < -0.39 is 6.10 Å². The lowest BCUT2D eigenvalue weighted by molar-refractivity contribution is 0.199. The molecule has 0 fully saturated rings. The summed E-state index contributed by atoms with van der Waals surface area (Å²) < 4.78 is 0. The molecule has 0 radical (unpaired) electrons. The van der Waals surface area contributed by atoms with Crippen molar-refractivity contribution in [2.45, 2.75) is 13.0 Å². The van der Waals surface area contributed by atoms with Crippen molar-refractivity contribution >= 4 is 34.6 Å². The fraction of sp³-hybridized carbons (Fsp3) is 0.133. The maximum Gasteiger partial charge on any atom is 0.132 e. The number of aliphatic hydroxyl groups is 1. The monoisotopic (exact) mass is 332 g/mol. The maximum absolute atomic E-state index is 9.55. The third kappa shape index (κ3) is 3.41. The first-order valence-corrected chi connectivity index (χ1v) is 7.81. The van der Waals surface area contributed by atoms with Gasteiger partial charge in [0.1, 0.15) is 22.7 Å². The molecular weight excluding hydrogens is 320 g/mol. The molecule has 0 amide bonds. The number of nitrogens with one attached hydrogen (secondary N) is 1. The molecule has 3 heterocycles. The van der Waals surface area contributed by atoms with Crippen molar-refractivity contribution in [2.75, 3.05) is 5.32 Å². The van der Waals surface area contributed by atoms with Crippen LogP contribution in [0.25, 0.3) is 10.6 Å². The minimum absolute atomic E-state index is 0.573. The standard InChI is InChI=1S/C15H13ClN4OS/c1-9(21)15-18-8-12(22-15)11-3-2-4-13(19-11)20-14-7-10(16)5-6-17-14/h2-9,21H,1H3,(H,17,19,20)/t9-/m0/s1. The van der Waals surface area contributed by atoms with E-state index in [0.717, 1.165) is 10.6 Å². The molecule has 0 bridgehead atoms. The van der Waals surface area contributed by atoms with Crippen molar-refractivity contribution in [3.8, 4) is 10.6 Å². The van der Waals surface area contributed by atoms with Crippen molar-refractivity contribution in [1.82, 2.24) is 15.0 Å². The van der Waals surface area contributed by atoms with E-state index in [1.807, 2.05) is 18.2 Å². The van der Waals surface area contributed by atoms with E-state index >= 15 is 0 Å². The molecule has 0 aliphatic heterocycles. The summed E-state index contributed by atoms with van der Waals surface area (Å²) in [6.45, 7) is 1.69. The van der Waals surface area contributed by atoms with Crippen LogP contribution in [-0.2, 0) is 0 Å². The molecule has 3 rings (SSSR count). The first-order chi connectivity index (χ1) is 10.6. The van der Waals surface area contributed by atoms with Gasteiger partial charge in [0.2, 0.25) is 0 Å². The molecule has 2 N–H and O–H groups in total. The fourth-order valence-electron chi connectivity index (χ4n) is 1.85. The quantitative estimate of drug-likeness (QED) is 0.754. The fourth-order valence-corrected chi connectivity index (χ4v) is 2.83. The third-order valence-corrected chi connectivity index (χ3v) is 4.29. The SMILES string of the molecule is C[C@H](O)c1ncc(-c2cccc(Nc3cc(Cl)ccn3)n2)s1. The summed E-state index contributed by atoms with van der Waals surface area (Å²) in [6.07, 6.45) is 2.78. The average Bonchev–Trinajstić information content (AvgIpc) is 2.97. The molecule has 0 aliphatic carbocycles. The van der Waals surface area contributed by atoms with Gasteiger partial charge in [0.15, 0.2) is 0 Å². The zero-order valence-corrected chi connectivity index (χ0v) is 13.3. The Morgan fingerprint density at radius 3 is 2.82 bits per heavy atom. The van der Waals surface area contributed by atoms with E-state index in [-0.39, 0.29) is 0 Å². The van der Waals surface area contributed by atoms with Crippen LogP contribution in [0.4, 0.5) is 11.6 Å². The Balaban J connectivity index is 1.85. The summed E-state index contributed by atoms with van der Waals surface area (Å²) >= 11 is 7.36. The maximum atomic E-state index is 9.55. The molecule has 0 aliphatic rings. The molecule has 1 atom stereocenters. The van der Waals surface area contributed by atoms with Crippen LogP contribution in [0.1, 0.15) is 18.0 Å². The zero-order valence-electron chi connectivity index (χ0n) is 11.7. The predicted molar refractivity (Wildman–Crippen MR) is 88.5 cm³/mol. The van der Waals surface area contributed by atoms with E-state index in [1.165, 1.54) is 11.3 Å². The van der Waals surface area contributed by atoms with E-state index in [1.54, 1.807) is 31.5 Å². The molecule has 5 nitrogen and oxygen atoms in total. The van der Waals surface area contributed by atoms with E-state index in [2.05, 4.69) is 20.3 Å². The van der Waals surface area contributed by atoms with Crippen molar-refractivity contribution in [2.24, 2.45) is 0 Å². The largest absolute Gasteiger partial charge is 0.386 e. The summed E-state index contributed by atoms with van der Waals surface area (Å²) in [5.41, 5.74) is 0.788. The minimum atomic E-state index is -0.573. The number of hydrogen-bond donors (Lipinski definition) is 2. The minimum Gasteiger partial charge on any atom is -0.386 e. The Bertz CT molecular complexity index is 790. The van der Waals surface area contributed by atoms with Gasteiger partial charge in [-0.15, -0.1) is 11.3 Å². The molecule has 3 aromatic heterocycles. The number of thiazole rings is 1. The molecule has 22 heavy (non-hydrogen) atoms. The van der Waals surface area contributed by atoms with Crippen molar-refractivity contribution in [3.63, 3.8) is 0 Å². The molecular formula is C15H13ClN4OS. The highest BCUT2D eigenvalue weighted by Crippen LogP contribution is 2.28. The number of pyridine rings is 2. The summed E-state index contributed by atoms with van der Waals surface area (Å²) in [7, 11) is 0. The molecule has 0 aromatic carbocycles. The van der Waals surface area contributed by atoms with Crippen molar-refractivity contribution in [1.29, 1.82) is 0 Å². The van der Waals surface area contributed by atoms with Gasteiger partial charge < -0.3 is 10.4 Å².